The van der Waals surface area contributed by atoms with Gasteiger partial charge in [0, 0.05) is 12.6 Å². The summed E-state index contributed by atoms with van der Waals surface area (Å²) in [4.78, 5) is 6.49. The SMILES string of the molecule is CC(CN(C)C)Nc1nc2ccccc2o1. The van der Waals surface area contributed by atoms with E-state index in [1.807, 2.05) is 38.4 Å². The lowest BCUT2D eigenvalue weighted by molar-refractivity contribution is 0.389. The summed E-state index contributed by atoms with van der Waals surface area (Å²) in [6, 6.07) is 8.67. The molecule has 0 saturated carbocycles. The second kappa shape index (κ2) is 4.53. The van der Waals surface area contributed by atoms with E-state index in [0.717, 1.165) is 17.6 Å². The molecule has 0 spiro atoms. The summed E-state index contributed by atoms with van der Waals surface area (Å²) >= 11 is 0. The number of oxazole rings is 1. The molecule has 0 amide bonds. The Morgan fingerprint density at radius 2 is 2.12 bits per heavy atom. The van der Waals surface area contributed by atoms with Gasteiger partial charge in [0.15, 0.2) is 5.58 Å². The van der Waals surface area contributed by atoms with Crippen molar-refractivity contribution in [3.8, 4) is 0 Å². The van der Waals surface area contributed by atoms with Crippen molar-refractivity contribution >= 4 is 17.1 Å². The molecular weight excluding hydrogens is 202 g/mol. The third-order valence-corrected chi connectivity index (χ3v) is 2.30. The molecule has 86 valence electrons. The zero-order valence-corrected chi connectivity index (χ0v) is 9.90. The Labute approximate surface area is 95.3 Å². The predicted molar refractivity (Wildman–Crippen MR) is 65.6 cm³/mol. The van der Waals surface area contributed by atoms with Gasteiger partial charge in [-0.1, -0.05) is 12.1 Å². The number of aromatic nitrogens is 1. The van der Waals surface area contributed by atoms with Gasteiger partial charge in [-0.05, 0) is 33.2 Å². The number of benzene rings is 1. The summed E-state index contributed by atoms with van der Waals surface area (Å²) in [6.07, 6.45) is 0. The number of likely N-dealkylation sites (N-methyl/N-ethyl adjacent to an activating group) is 1. The molecule has 2 rings (SSSR count). The second-order valence-corrected chi connectivity index (χ2v) is 4.29. The molecule has 0 bridgehead atoms. The highest BCUT2D eigenvalue weighted by atomic mass is 16.4. The van der Waals surface area contributed by atoms with Crippen molar-refractivity contribution in [2.45, 2.75) is 13.0 Å². The van der Waals surface area contributed by atoms with Crippen LogP contribution in [0.15, 0.2) is 28.7 Å². The van der Waals surface area contributed by atoms with E-state index in [1.165, 1.54) is 0 Å². The molecular formula is C12H17N3O. The lowest BCUT2D eigenvalue weighted by Gasteiger charge is -2.16. The quantitative estimate of drug-likeness (QED) is 0.855. The van der Waals surface area contributed by atoms with Gasteiger partial charge in [-0.3, -0.25) is 0 Å². The highest BCUT2D eigenvalue weighted by molar-refractivity contribution is 5.74. The topological polar surface area (TPSA) is 41.3 Å². The summed E-state index contributed by atoms with van der Waals surface area (Å²) in [7, 11) is 4.09. The Balaban J connectivity index is 2.09. The fraction of sp³-hybridized carbons (Fsp3) is 0.417. The van der Waals surface area contributed by atoms with E-state index in [2.05, 4.69) is 22.1 Å². The molecule has 2 aromatic rings. The number of nitrogens with one attached hydrogen (secondary N) is 1. The molecule has 1 heterocycles. The van der Waals surface area contributed by atoms with Gasteiger partial charge in [0.05, 0.1) is 0 Å². The minimum Gasteiger partial charge on any atom is -0.424 e. The zero-order valence-electron chi connectivity index (χ0n) is 9.90. The van der Waals surface area contributed by atoms with Crippen LogP contribution >= 0.6 is 0 Å². The molecule has 16 heavy (non-hydrogen) atoms. The predicted octanol–water partition coefficient (Wildman–Crippen LogP) is 2.19. The van der Waals surface area contributed by atoms with Gasteiger partial charge in [0.1, 0.15) is 5.52 Å². The van der Waals surface area contributed by atoms with Gasteiger partial charge in [0.2, 0.25) is 0 Å². The molecule has 0 aliphatic heterocycles. The van der Waals surface area contributed by atoms with E-state index in [9.17, 15) is 0 Å². The Morgan fingerprint density at radius 3 is 2.81 bits per heavy atom. The third kappa shape index (κ3) is 2.52. The fourth-order valence-electron chi connectivity index (χ4n) is 1.74. The first-order valence-corrected chi connectivity index (χ1v) is 5.42. The number of anilines is 1. The van der Waals surface area contributed by atoms with Gasteiger partial charge in [-0.15, -0.1) is 0 Å². The Hall–Kier alpha value is -1.55. The monoisotopic (exact) mass is 219 g/mol. The van der Waals surface area contributed by atoms with Crippen LogP contribution in [0.25, 0.3) is 11.1 Å². The molecule has 0 aliphatic carbocycles. The average molecular weight is 219 g/mol. The van der Waals surface area contributed by atoms with Crippen molar-refractivity contribution in [2.75, 3.05) is 26.0 Å². The first kappa shape index (κ1) is 11.0. The lowest BCUT2D eigenvalue weighted by Crippen LogP contribution is -2.29. The van der Waals surface area contributed by atoms with Crippen LogP contribution in [0.3, 0.4) is 0 Å². The zero-order chi connectivity index (χ0) is 11.5. The van der Waals surface area contributed by atoms with Crippen LogP contribution in [-0.4, -0.2) is 36.6 Å². The Bertz CT molecular complexity index is 431. The number of rotatable bonds is 4. The minimum atomic E-state index is 0.308. The average Bonchev–Trinajstić information content (AvgIpc) is 2.57. The van der Waals surface area contributed by atoms with Crippen molar-refractivity contribution in [3.63, 3.8) is 0 Å². The third-order valence-electron chi connectivity index (χ3n) is 2.30. The molecule has 1 N–H and O–H groups in total. The van der Waals surface area contributed by atoms with Gasteiger partial charge >= 0.3 is 0 Å². The summed E-state index contributed by atoms with van der Waals surface area (Å²) in [5, 5.41) is 3.24. The largest absolute Gasteiger partial charge is 0.424 e. The van der Waals surface area contributed by atoms with Gasteiger partial charge in [0.25, 0.3) is 6.01 Å². The normalized spacial score (nSPS) is 13.2. The van der Waals surface area contributed by atoms with Gasteiger partial charge in [-0.25, -0.2) is 0 Å². The molecule has 0 aliphatic rings. The maximum Gasteiger partial charge on any atom is 0.295 e. The highest BCUT2D eigenvalue weighted by Crippen LogP contribution is 2.18. The van der Waals surface area contributed by atoms with Crippen molar-refractivity contribution in [2.24, 2.45) is 0 Å². The van der Waals surface area contributed by atoms with E-state index < -0.39 is 0 Å². The summed E-state index contributed by atoms with van der Waals surface area (Å²) in [6.45, 7) is 3.05. The molecule has 1 atom stereocenters. The molecule has 1 aromatic heterocycles. The maximum absolute atomic E-state index is 5.58. The number of nitrogens with zero attached hydrogens (tertiary/aromatic N) is 2. The number of hydrogen-bond donors (Lipinski definition) is 1. The maximum atomic E-state index is 5.58. The molecule has 1 unspecified atom stereocenters. The lowest BCUT2D eigenvalue weighted by atomic mass is 10.3. The van der Waals surface area contributed by atoms with Crippen LogP contribution in [0.4, 0.5) is 6.01 Å². The van der Waals surface area contributed by atoms with Crippen molar-refractivity contribution in [1.82, 2.24) is 9.88 Å². The molecule has 0 fully saturated rings. The van der Waals surface area contributed by atoms with Crippen LogP contribution in [0.1, 0.15) is 6.92 Å². The van der Waals surface area contributed by atoms with E-state index in [4.69, 9.17) is 4.42 Å². The Morgan fingerprint density at radius 1 is 1.38 bits per heavy atom. The van der Waals surface area contributed by atoms with Crippen LogP contribution in [-0.2, 0) is 0 Å². The van der Waals surface area contributed by atoms with Gasteiger partial charge in [-0.2, -0.15) is 4.98 Å². The van der Waals surface area contributed by atoms with E-state index in [1.54, 1.807) is 0 Å². The van der Waals surface area contributed by atoms with Crippen LogP contribution in [0.5, 0.6) is 0 Å². The summed E-state index contributed by atoms with van der Waals surface area (Å²) in [5.74, 6) is 0. The summed E-state index contributed by atoms with van der Waals surface area (Å²) in [5.41, 5.74) is 1.71. The van der Waals surface area contributed by atoms with E-state index in [0.29, 0.717) is 12.1 Å². The van der Waals surface area contributed by atoms with Crippen molar-refractivity contribution < 1.29 is 4.42 Å². The number of para-hydroxylation sites is 2. The molecule has 0 saturated heterocycles. The van der Waals surface area contributed by atoms with E-state index in [-0.39, 0.29) is 0 Å². The Kier molecular flexibility index (Phi) is 3.10. The number of hydrogen-bond acceptors (Lipinski definition) is 4. The second-order valence-electron chi connectivity index (χ2n) is 4.29. The van der Waals surface area contributed by atoms with Crippen molar-refractivity contribution in [1.29, 1.82) is 0 Å². The molecule has 0 radical (unpaired) electrons. The molecule has 1 aromatic carbocycles. The number of fused-ring (bicyclic) bond motifs is 1. The first-order valence-electron chi connectivity index (χ1n) is 5.42. The standard InChI is InChI=1S/C12H17N3O/c1-9(8-15(2)3)13-12-14-10-6-4-5-7-11(10)16-12/h4-7,9H,8H2,1-3H3,(H,13,14). The smallest absolute Gasteiger partial charge is 0.295 e. The fourth-order valence-corrected chi connectivity index (χ4v) is 1.74. The van der Waals surface area contributed by atoms with Crippen LogP contribution in [0, 0.1) is 0 Å². The van der Waals surface area contributed by atoms with Crippen LogP contribution in [0.2, 0.25) is 0 Å². The van der Waals surface area contributed by atoms with E-state index >= 15 is 0 Å². The minimum absolute atomic E-state index is 0.308. The van der Waals surface area contributed by atoms with Crippen LogP contribution < -0.4 is 5.32 Å². The molecule has 4 heteroatoms. The van der Waals surface area contributed by atoms with Crippen molar-refractivity contribution in [3.05, 3.63) is 24.3 Å². The first-order chi connectivity index (χ1) is 7.65. The summed E-state index contributed by atoms with van der Waals surface area (Å²) < 4.78 is 5.58. The molecule has 4 nitrogen and oxygen atoms in total. The highest BCUT2D eigenvalue weighted by Gasteiger charge is 2.08. The van der Waals surface area contributed by atoms with Gasteiger partial charge < -0.3 is 14.6 Å².